The smallest absolute Gasteiger partial charge is 0.0523 e. The minimum atomic E-state index is 0.272. The Morgan fingerprint density at radius 3 is 2.47 bits per heavy atom. The van der Waals surface area contributed by atoms with E-state index in [0.717, 1.165) is 6.42 Å². The summed E-state index contributed by atoms with van der Waals surface area (Å²) in [5, 5.41) is 0.272. The lowest BCUT2D eigenvalue weighted by molar-refractivity contribution is 0.317. The van der Waals surface area contributed by atoms with Gasteiger partial charge in [0.25, 0.3) is 0 Å². The number of allylic oxidation sites excluding steroid dienone is 2. The molecule has 1 rings (SSSR count). The largest absolute Gasteiger partial charge is 0.118 e. The Hall–Kier alpha value is 0.0300. The van der Waals surface area contributed by atoms with Crippen molar-refractivity contribution in [2.75, 3.05) is 0 Å². The molecule has 1 aliphatic carbocycles. The van der Waals surface area contributed by atoms with Crippen LogP contribution in [0, 0.1) is 5.41 Å². The molecule has 0 saturated heterocycles. The molecule has 100 valence electrons. The van der Waals surface area contributed by atoms with Crippen LogP contribution in [0.1, 0.15) is 78.6 Å². The van der Waals surface area contributed by atoms with E-state index in [4.69, 9.17) is 11.6 Å². The Kier molecular flexibility index (Phi) is 6.62. The first kappa shape index (κ1) is 15.1. The molecule has 0 fully saturated rings. The van der Waals surface area contributed by atoms with Gasteiger partial charge in [-0.25, -0.2) is 0 Å². The normalized spacial score (nSPS) is 23.5. The van der Waals surface area contributed by atoms with E-state index in [1.165, 1.54) is 51.4 Å². The quantitative estimate of drug-likeness (QED) is 0.294. The number of rotatable bonds is 7. The second-order valence-corrected chi connectivity index (χ2v) is 6.96. The van der Waals surface area contributed by atoms with Crippen LogP contribution in [-0.2, 0) is 0 Å². The third-order valence-electron chi connectivity index (χ3n) is 3.72. The zero-order chi connectivity index (χ0) is 12.7. The van der Waals surface area contributed by atoms with Crippen LogP contribution in [0.25, 0.3) is 0 Å². The minimum absolute atomic E-state index is 0.272. The number of hydrogen-bond acceptors (Lipinski definition) is 0. The fourth-order valence-electron chi connectivity index (χ4n) is 2.89. The molecule has 0 saturated carbocycles. The maximum Gasteiger partial charge on any atom is 0.0523 e. The van der Waals surface area contributed by atoms with Crippen LogP contribution in [0.2, 0.25) is 0 Å². The first-order valence-electron chi connectivity index (χ1n) is 7.37. The van der Waals surface area contributed by atoms with Gasteiger partial charge in [0.05, 0.1) is 5.38 Å². The van der Waals surface area contributed by atoms with Crippen LogP contribution in [-0.4, -0.2) is 5.38 Å². The second-order valence-electron chi connectivity index (χ2n) is 6.40. The van der Waals surface area contributed by atoms with Crippen molar-refractivity contribution < 1.29 is 0 Å². The highest BCUT2D eigenvalue weighted by Crippen LogP contribution is 2.38. The van der Waals surface area contributed by atoms with Crippen molar-refractivity contribution in [3.05, 3.63) is 11.6 Å². The van der Waals surface area contributed by atoms with E-state index in [-0.39, 0.29) is 5.38 Å². The molecule has 0 aromatic heterocycles. The molecule has 0 aliphatic heterocycles. The minimum Gasteiger partial charge on any atom is -0.118 e. The van der Waals surface area contributed by atoms with Gasteiger partial charge in [0, 0.05) is 0 Å². The number of unbranched alkanes of at least 4 members (excludes halogenated alkanes) is 5. The molecule has 0 bridgehead atoms. The van der Waals surface area contributed by atoms with Gasteiger partial charge >= 0.3 is 0 Å². The molecule has 1 aliphatic rings. The van der Waals surface area contributed by atoms with Crippen molar-refractivity contribution in [2.45, 2.75) is 83.9 Å². The summed E-state index contributed by atoms with van der Waals surface area (Å²) in [6.07, 6.45) is 14.3. The molecule has 0 spiro atoms. The highest BCUT2D eigenvalue weighted by Gasteiger charge is 2.27. The highest BCUT2D eigenvalue weighted by molar-refractivity contribution is 6.21. The standard InChI is InChI=1S/C16H29Cl/c1-4-5-6-7-8-9-10-14-11-15(17)13-16(2,3)12-14/h11,15H,4-10,12-13H2,1-3H3. The van der Waals surface area contributed by atoms with Crippen LogP contribution >= 0.6 is 11.6 Å². The van der Waals surface area contributed by atoms with Crippen molar-refractivity contribution in [3.63, 3.8) is 0 Å². The molecule has 1 atom stereocenters. The molecule has 0 N–H and O–H groups in total. The lowest BCUT2D eigenvalue weighted by Crippen LogP contribution is -2.22. The van der Waals surface area contributed by atoms with Gasteiger partial charge in [0.2, 0.25) is 0 Å². The maximum atomic E-state index is 6.30. The first-order chi connectivity index (χ1) is 8.03. The monoisotopic (exact) mass is 256 g/mol. The Balaban J connectivity index is 2.18. The molecular formula is C16H29Cl. The molecular weight excluding hydrogens is 228 g/mol. The maximum absolute atomic E-state index is 6.30. The van der Waals surface area contributed by atoms with Crippen LogP contribution in [0.3, 0.4) is 0 Å². The van der Waals surface area contributed by atoms with Gasteiger partial charge < -0.3 is 0 Å². The summed E-state index contributed by atoms with van der Waals surface area (Å²) in [7, 11) is 0. The molecule has 1 unspecified atom stereocenters. The van der Waals surface area contributed by atoms with Crippen LogP contribution in [0.15, 0.2) is 11.6 Å². The Morgan fingerprint density at radius 2 is 1.82 bits per heavy atom. The van der Waals surface area contributed by atoms with Crippen molar-refractivity contribution in [2.24, 2.45) is 5.41 Å². The van der Waals surface area contributed by atoms with Gasteiger partial charge in [-0.05, 0) is 31.1 Å². The number of alkyl halides is 1. The van der Waals surface area contributed by atoms with E-state index in [0.29, 0.717) is 5.41 Å². The van der Waals surface area contributed by atoms with Crippen molar-refractivity contribution in [1.29, 1.82) is 0 Å². The fourth-order valence-corrected chi connectivity index (χ4v) is 3.49. The Labute approximate surface area is 113 Å². The average molecular weight is 257 g/mol. The summed E-state index contributed by atoms with van der Waals surface area (Å²) in [4.78, 5) is 0. The van der Waals surface area contributed by atoms with Gasteiger partial charge in [-0.2, -0.15) is 0 Å². The molecule has 0 nitrogen and oxygen atoms in total. The SMILES string of the molecule is CCCCCCCCC1=CC(Cl)CC(C)(C)C1. The number of hydrogen-bond donors (Lipinski definition) is 0. The second kappa shape index (κ2) is 7.46. The summed E-state index contributed by atoms with van der Waals surface area (Å²) in [6, 6.07) is 0. The van der Waals surface area contributed by atoms with Gasteiger partial charge in [-0.3, -0.25) is 0 Å². The van der Waals surface area contributed by atoms with Crippen LogP contribution in [0.4, 0.5) is 0 Å². The summed E-state index contributed by atoms with van der Waals surface area (Å²) in [5.74, 6) is 0. The predicted octanol–water partition coefficient (Wildman–Crippen LogP) is 6.09. The summed E-state index contributed by atoms with van der Waals surface area (Å²) < 4.78 is 0. The van der Waals surface area contributed by atoms with E-state index in [1.54, 1.807) is 5.57 Å². The van der Waals surface area contributed by atoms with Crippen molar-refractivity contribution >= 4 is 11.6 Å². The van der Waals surface area contributed by atoms with E-state index in [9.17, 15) is 0 Å². The van der Waals surface area contributed by atoms with Crippen molar-refractivity contribution in [3.8, 4) is 0 Å². The predicted molar refractivity (Wildman–Crippen MR) is 78.7 cm³/mol. The Morgan fingerprint density at radius 1 is 1.18 bits per heavy atom. The molecule has 0 radical (unpaired) electrons. The fraction of sp³-hybridized carbons (Fsp3) is 0.875. The average Bonchev–Trinajstić information content (AvgIpc) is 2.20. The van der Waals surface area contributed by atoms with Gasteiger partial charge in [-0.1, -0.05) is 64.5 Å². The van der Waals surface area contributed by atoms with Gasteiger partial charge in [0.15, 0.2) is 0 Å². The van der Waals surface area contributed by atoms with E-state index < -0.39 is 0 Å². The highest BCUT2D eigenvalue weighted by atomic mass is 35.5. The Bertz CT molecular complexity index is 240. The van der Waals surface area contributed by atoms with E-state index in [2.05, 4.69) is 26.8 Å². The van der Waals surface area contributed by atoms with E-state index >= 15 is 0 Å². The summed E-state index contributed by atoms with van der Waals surface area (Å²) in [5.41, 5.74) is 2.02. The summed E-state index contributed by atoms with van der Waals surface area (Å²) >= 11 is 6.30. The topological polar surface area (TPSA) is 0 Å². The third-order valence-corrected chi connectivity index (χ3v) is 4.00. The number of halogens is 1. The molecule has 0 aromatic rings. The van der Waals surface area contributed by atoms with Crippen LogP contribution < -0.4 is 0 Å². The lowest BCUT2D eigenvalue weighted by Gasteiger charge is -2.32. The zero-order valence-electron chi connectivity index (χ0n) is 11.9. The molecule has 1 heteroatoms. The molecule has 0 aromatic carbocycles. The molecule has 17 heavy (non-hydrogen) atoms. The van der Waals surface area contributed by atoms with Gasteiger partial charge in [-0.15, -0.1) is 11.6 Å². The van der Waals surface area contributed by atoms with Crippen molar-refractivity contribution in [1.82, 2.24) is 0 Å². The first-order valence-corrected chi connectivity index (χ1v) is 7.81. The van der Waals surface area contributed by atoms with Crippen LogP contribution in [0.5, 0.6) is 0 Å². The molecule has 0 heterocycles. The third kappa shape index (κ3) is 6.50. The molecule has 0 amide bonds. The lowest BCUT2D eigenvalue weighted by atomic mass is 9.76. The summed E-state index contributed by atoms with van der Waals surface area (Å²) in [6.45, 7) is 6.96. The van der Waals surface area contributed by atoms with Gasteiger partial charge in [0.1, 0.15) is 0 Å². The van der Waals surface area contributed by atoms with E-state index in [1.807, 2.05) is 0 Å². The zero-order valence-corrected chi connectivity index (χ0v) is 12.7.